The zero-order chi connectivity index (χ0) is 11.5. The second kappa shape index (κ2) is 4.74. The zero-order valence-electron chi connectivity index (χ0n) is 9.41. The maximum atomic E-state index is 7.58. The Balaban J connectivity index is 1.99. The number of piperazine rings is 1. The standard InChI is InChI=1S/C12H16ClN3/c1-10(14)15-6-8-16(9-7-15)12-4-2-11(13)3-5-12/h2-5,14H,6-9H2,1H3. The lowest BCUT2D eigenvalue weighted by Crippen LogP contribution is -2.47. The zero-order valence-corrected chi connectivity index (χ0v) is 10.2. The fourth-order valence-corrected chi connectivity index (χ4v) is 2.08. The van der Waals surface area contributed by atoms with E-state index in [1.165, 1.54) is 5.69 Å². The molecule has 0 amide bonds. The van der Waals surface area contributed by atoms with Crippen molar-refractivity contribution in [3.63, 3.8) is 0 Å². The van der Waals surface area contributed by atoms with Crippen LogP contribution in [0.25, 0.3) is 0 Å². The van der Waals surface area contributed by atoms with Crippen molar-refractivity contribution in [1.29, 1.82) is 5.41 Å². The number of nitrogens with one attached hydrogen (secondary N) is 1. The van der Waals surface area contributed by atoms with E-state index in [1.54, 1.807) is 0 Å². The smallest absolute Gasteiger partial charge is 0.0927 e. The molecule has 1 saturated heterocycles. The minimum absolute atomic E-state index is 0.663. The first-order chi connectivity index (χ1) is 7.66. The summed E-state index contributed by atoms with van der Waals surface area (Å²) in [6.45, 7) is 5.64. The molecule has 0 aliphatic carbocycles. The molecule has 1 aromatic rings. The second-order valence-corrected chi connectivity index (χ2v) is 4.47. The molecule has 0 aromatic heterocycles. The van der Waals surface area contributed by atoms with Crippen LogP contribution in [0.5, 0.6) is 0 Å². The van der Waals surface area contributed by atoms with Crippen molar-refractivity contribution in [2.24, 2.45) is 0 Å². The van der Waals surface area contributed by atoms with Crippen LogP contribution in [0.1, 0.15) is 6.92 Å². The highest BCUT2D eigenvalue weighted by atomic mass is 35.5. The topological polar surface area (TPSA) is 30.3 Å². The lowest BCUT2D eigenvalue weighted by atomic mass is 10.2. The van der Waals surface area contributed by atoms with Crippen LogP contribution in [-0.4, -0.2) is 36.9 Å². The summed E-state index contributed by atoms with van der Waals surface area (Å²) in [4.78, 5) is 4.43. The van der Waals surface area contributed by atoms with Gasteiger partial charge >= 0.3 is 0 Å². The van der Waals surface area contributed by atoms with Gasteiger partial charge in [0, 0.05) is 36.9 Å². The van der Waals surface area contributed by atoms with Crippen LogP contribution in [0.3, 0.4) is 0 Å². The van der Waals surface area contributed by atoms with Gasteiger partial charge < -0.3 is 9.80 Å². The molecule has 2 rings (SSSR count). The third-order valence-corrected chi connectivity index (χ3v) is 3.20. The molecule has 0 unspecified atom stereocenters. The Hall–Kier alpha value is -1.22. The number of nitrogens with zero attached hydrogens (tertiary/aromatic N) is 2. The van der Waals surface area contributed by atoms with Crippen LogP contribution in [0, 0.1) is 5.41 Å². The molecule has 0 radical (unpaired) electrons. The summed E-state index contributed by atoms with van der Waals surface area (Å²) >= 11 is 5.86. The minimum Gasteiger partial charge on any atom is -0.368 e. The molecule has 0 saturated carbocycles. The molecule has 1 heterocycles. The van der Waals surface area contributed by atoms with Gasteiger partial charge in [0.2, 0.25) is 0 Å². The van der Waals surface area contributed by atoms with E-state index in [0.29, 0.717) is 5.84 Å². The number of halogens is 1. The molecule has 0 bridgehead atoms. The summed E-state index contributed by atoms with van der Waals surface area (Å²) in [5, 5.41) is 8.35. The molecule has 3 nitrogen and oxygen atoms in total. The number of amidine groups is 1. The van der Waals surface area contributed by atoms with Gasteiger partial charge in [-0.25, -0.2) is 0 Å². The highest BCUT2D eigenvalue weighted by Gasteiger charge is 2.16. The van der Waals surface area contributed by atoms with Crippen LogP contribution in [0.4, 0.5) is 5.69 Å². The molecule has 86 valence electrons. The average molecular weight is 238 g/mol. The Kier molecular flexibility index (Phi) is 3.34. The quantitative estimate of drug-likeness (QED) is 0.601. The highest BCUT2D eigenvalue weighted by Crippen LogP contribution is 2.19. The number of anilines is 1. The van der Waals surface area contributed by atoms with E-state index in [1.807, 2.05) is 19.1 Å². The van der Waals surface area contributed by atoms with Gasteiger partial charge in [-0.1, -0.05) is 11.6 Å². The van der Waals surface area contributed by atoms with Gasteiger partial charge in [0.15, 0.2) is 0 Å². The monoisotopic (exact) mass is 237 g/mol. The molecule has 1 aliphatic rings. The molecule has 1 N–H and O–H groups in total. The third kappa shape index (κ3) is 2.47. The molecule has 4 heteroatoms. The first-order valence-corrected chi connectivity index (χ1v) is 5.85. The number of hydrogen-bond donors (Lipinski definition) is 1. The van der Waals surface area contributed by atoms with Crippen LogP contribution >= 0.6 is 11.6 Å². The summed E-state index contributed by atoms with van der Waals surface area (Å²) in [6, 6.07) is 7.95. The molecule has 1 aromatic carbocycles. The Morgan fingerprint density at radius 3 is 2.19 bits per heavy atom. The van der Waals surface area contributed by atoms with Gasteiger partial charge in [0.05, 0.1) is 5.84 Å². The largest absolute Gasteiger partial charge is 0.368 e. The summed E-state index contributed by atoms with van der Waals surface area (Å²) in [5.41, 5.74) is 1.21. The maximum absolute atomic E-state index is 7.58. The highest BCUT2D eigenvalue weighted by molar-refractivity contribution is 6.30. The van der Waals surface area contributed by atoms with Gasteiger partial charge in [-0.2, -0.15) is 0 Å². The van der Waals surface area contributed by atoms with E-state index in [2.05, 4.69) is 21.9 Å². The Morgan fingerprint density at radius 2 is 1.69 bits per heavy atom. The predicted molar refractivity (Wildman–Crippen MR) is 68.6 cm³/mol. The van der Waals surface area contributed by atoms with Crippen LogP contribution < -0.4 is 4.90 Å². The fourth-order valence-electron chi connectivity index (χ4n) is 1.95. The van der Waals surface area contributed by atoms with Gasteiger partial charge in [-0.05, 0) is 31.2 Å². The van der Waals surface area contributed by atoms with E-state index >= 15 is 0 Å². The molecule has 1 aliphatic heterocycles. The lowest BCUT2D eigenvalue weighted by Gasteiger charge is -2.36. The summed E-state index contributed by atoms with van der Waals surface area (Å²) in [5.74, 6) is 0.663. The first kappa shape index (κ1) is 11.3. The molecular weight excluding hydrogens is 222 g/mol. The second-order valence-electron chi connectivity index (χ2n) is 4.04. The van der Waals surface area contributed by atoms with Crippen molar-refractivity contribution in [3.05, 3.63) is 29.3 Å². The normalized spacial score (nSPS) is 16.4. The van der Waals surface area contributed by atoms with Gasteiger partial charge in [-0.3, -0.25) is 5.41 Å². The average Bonchev–Trinajstić information content (AvgIpc) is 2.30. The number of benzene rings is 1. The van der Waals surface area contributed by atoms with Crippen LogP contribution in [0.15, 0.2) is 24.3 Å². The summed E-state index contributed by atoms with van der Waals surface area (Å²) in [7, 11) is 0. The van der Waals surface area contributed by atoms with Crippen LogP contribution in [-0.2, 0) is 0 Å². The Labute approximate surface area is 101 Å². The van der Waals surface area contributed by atoms with Gasteiger partial charge in [-0.15, -0.1) is 0 Å². The van der Waals surface area contributed by atoms with Gasteiger partial charge in [0.25, 0.3) is 0 Å². The SMILES string of the molecule is CC(=N)N1CCN(c2ccc(Cl)cc2)CC1. The first-order valence-electron chi connectivity index (χ1n) is 5.47. The lowest BCUT2D eigenvalue weighted by molar-refractivity contribution is 0.382. The van der Waals surface area contributed by atoms with Crippen molar-refractivity contribution < 1.29 is 0 Å². The predicted octanol–water partition coefficient (Wildman–Crippen LogP) is 2.46. The van der Waals surface area contributed by atoms with Crippen LogP contribution in [0.2, 0.25) is 5.02 Å². The summed E-state index contributed by atoms with van der Waals surface area (Å²) in [6.07, 6.45) is 0. The van der Waals surface area contributed by atoms with E-state index in [4.69, 9.17) is 17.0 Å². The Bertz CT molecular complexity index is 366. The van der Waals surface area contributed by atoms with E-state index < -0.39 is 0 Å². The molecular formula is C12H16ClN3. The van der Waals surface area contributed by atoms with Crippen molar-refractivity contribution in [1.82, 2.24) is 4.90 Å². The maximum Gasteiger partial charge on any atom is 0.0927 e. The van der Waals surface area contributed by atoms with E-state index in [0.717, 1.165) is 31.2 Å². The van der Waals surface area contributed by atoms with Gasteiger partial charge in [0.1, 0.15) is 0 Å². The van der Waals surface area contributed by atoms with Crippen molar-refractivity contribution in [2.45, 2.75) is 6.92 Å². The van der Waals surface area contributed by atoms with E-state index in [-0.39, 0.29) is 0 Å². The molecule has 1 fully saturated rings. The summed E-state index contributed by atoms with van der Waals surface area (Å²) < 4.78 is 0. The van der Waals surface area contributed by atoms with E-state index in [9.17, 15) is 0 Å². The molecule has 16 heavy (non-hydrogen) atoms. The van der Waals surface area contributed by atoms with Crippen molar-refractivity contribution in [3.8, 4) is 0 Å². The third-order valence-electron chi connectivity index (χ3n) is 2.95. The number of rotatable bonds is 1. The number of hydrogen-bond acceptors (Lipinski definition) is 2. The molecule has 0 atom stereocenters. The van der Waals surface area contributed by atoms with Crippen molar-refractivity contribution >= 4 is 23.1 Å². The molecule has 0 spiro atoms. The Morgan fingerprint density at radius 1 is 1.12 bits per heavy atom. The minimum atomic E-state index is 0.663. The fraction of sp³-hybridized carbons (Fsp3) is 0.417. The van der Waals surface area contributed by atoms with Crippen molar-refractivity contribution in [2.75, 3.05) is 31.1 Å².